The molecule has 2 atom stereocenters. The first-order valence-electron chi connectivity index (χ1n) is 10.8. The van der Waals surface area contributed by atoms with E-state index in [9.17, 15) is 4.79 Å². The number of carbonyl (C=O) groups excluding carboxylic acids is 1. The van der Waals surface area contributed by atoms with Crippen molar-refractivity contribution in [3.63, 3.8) is 0 Å². The fraction of sp³-hybridized carbons (Fsp3) is 0.400. The van der Waals surface area contributed by atoms with Gasteiger partial charge in [0.25, 0.3) is 0 Å². The zero-order valence-corrected chi connectivity index (χ0v) is 17.1. The second-order valence-electron chi connectivity index (χ2n) is 7.63. The maximum Gasteiger partial charge on any atom is 0.199 e. The van der Waals surface area contributed by atoms with Gasteiger partial charge in [0.15, 0.2) is 18.4 Å². The van der Waals surface area contributed by atoms with Crippen LogP contribution in [0, 0.1) is 0 Å². The summed E-state index contributed by atoms with van der Waals surface area (Å²) < 4.78 is 23.0. The van der Waals surface area contributed by atoms with Gasteiger partial charge in [0, 0.05) is 18.4 Å². The summed E-state index contributed by atoms with van der Waals surface area (Å²) in [5.41, 5.74) is 1.49. The molecule has 2 aliphatic heterocycles. The number of hydrogen-bond acceptors (Lipinski definition) is 5. The molecule has 0 bridgehead atoms. The number of ether oxygens (including phenoxy) is 4. The van der Waals surface area contributed by atoms with E-state index in [2.05, 4.69) is 0 Å². The minimum absolute atomic E-state index is 0.0769. The Bertz CT molecular complexity index is 863. The standard InChI is InChI=1S/C25H28O5/c26-23(20-8-6-10-22(18-20)30-25-12-2-4-16-28-25)14-13-19-7-5-9-21(17-19)29-24-11-1-3-15-27-24/h5-10,13-14,17-18,24-25H,1-4,11-12,15-16H2/b14-13+. The molecule has 0 aliphatic carbocycles. The van der Waals surface area contributed by atoms with E-state index in [-0.39, 0.29) is 18.4 Å². The van der Waals surface area contributed by atoms with Crippen LogP contribution in [0.15, 0.2) is 54.6 Å². The van der Waals surface area contributed by atoms with Gasteiger partial charge >= 0.3 is 0 Å². The summed E-state index contributed by atoms with van der Waals surface area (Å²) in [6.45, 7) is 1.47. The average Bonchev–Trinajstić information content (AvgIpc) is 2.79. The van der Waals surface area contributed by atoms with E-state index < -0.39 is 0 Å². The molecule has 0 saturated carbocycles. The van der Waals surface area contributed by atoms with E-state index >= 15 is 0 Å². The summed E-state index contributed by atoms with van der Waals surface area (Å²) in [5.74, 6) is 1.33. The summed E-state index contributed by atoms with van der Waals surface area (Å²) in [6, 6.07) is 14.9. The minimum Gasteiger partial charge on any atom is -0.465 e. The van der Waals surface area contributed by atoms with Crippen molar-refractivity contribution < 1.29 is 23.7 Å². The molecule has 2 saturated heterocycles. The van der Waals surface area contributed by atoms with Crippen molar-refractivity contribution in [2.45, 2.75) is 51.1 Å². The van der Waals surface area contributed by atoms with Gasteiger partial charge in [0.2, 0.25) is 0 Å². The fourth-order valence-corrected chi connectivity index (χ4v) is 3.59. The summed E-state index contributed by atoms with van der Waals surface area (Å²) in [5, 5.41) is 0. The lowest BCUT2D eigenvalue weighted by atomic mass is 10.1. The highest BCUT2D eigenvalue weighted by Gasteiger charge is 2.16. The smallest absolute Gasteiger partial charge is 0.199 e. The van der Waals surface area contributed by atoms with Crippen LogP contribution in [0.3, 0.4) is 0 Å². The second kappa shape index (κ2) is 10.4. The van der Waals surface area contributed by atoms with Gasteiger partial charge < -0.3 is 18.9 Å². The number of hydrogen-bond donors (Lipinski definition) is 0. The fourth-order valence-electron chi connectivity index (χ4n) is 3.59. The number of allylic oxidation sites excluding steroid dienone is 1. The Kier molecular flexibility index (Phi) is 7.16. The van der Waals surface area contributed by atoms with E-state index in [4.69, 9.17) is 18.9 Å². The van der Waals surface area contributed by atoms with E-state index in [0.717, 1.165) is 63.1 Å². The molecule has 30 heavy (non-hydrogen) atoms. The predicted molar refractivity (Wildman–Crippen MR) is 115 cm³/mol. The summed E-state index contributed by atoms with van der Waals surface area (Å²) in [7, 11) is 0. The molecule has 2 aliphatic rings. The van der Waals surface area contributed by atoms with Gasteiger partial charge in [0.1, 0.15) is 11.5 Å². The van der Waals surface area contributed by atoms with Gasteiger partial charge in [-0.25, -0.2) is 0 Å². The molecule has 2 heterocycles. The Morgan fingerprint density at radius 3 is 2.10 bits per heavy atom. The second-order valence-corrected chi connectivity index (χ2v) is 7.63. The van der Waals surface area contributed by atoms with Crippen molar-refractivity contribution in [2.75, 3.05) is 13.2 Å². The molecule has 2 unspecified atom stereocenters. The molecule has 4 rings (SSSR count). The minimum atomic E-state index is -0.226. The number of benzene rings is 2. The molecule has 0 spiro atoms. The maximum atomic E-state index is 12.6. The van der Waals surface area contributed by atoms with Crippen LogP contribution in [0.2, 0.25) is 0 Å². The van der Waals surface area contributed by atoms with E-state index in [0.29, 0.717) is 11.3 Å². The zero-order valence-electron chi connectivity index (χ0n) is 17.1. The van der Waals surface area contributed by atoms with Crippen molar-refractivity contribution in [3.05, 3.63) is 65.7 Å². The van der Waals surface area contributed by atoms with Crippen LogP contribution >= 0.6 is 0 Å². The monoisotopic (exact) mass is 408 g/mol. The number of ketones is 1. The van der Waals surface area contributed by atoms with Crippen LogP contribution in [0.25, 0.3) is 6.08 Å². The molecule has 0 N–H and O–H groups in total. The lowest BCUT2D eigenvalue weighted by molar-refractivity contribution is -0.106. The van der Waals surface area contributed by atoms with Gasteiger partial charge in [0.05, 0.1) is 13.2 Å². The number of rotatable bonds is 7. The predicted octanol–water partition coefficient (Wildman–Crippen LogP) is 5.39. The molecular weight excluding hydrogens is 380 g/mol. The molecule has 2 aromatic carbocycles. The first-order chi connectivity index (χ1) is 14.8. The Balaban J connectivity index is 1.37. The van der Waals surface area contributed by atoms with Crippen molar-refractivity contribution in [1.29, 1.82) is 0 Å². The highest BCUT2D eigenvalue weighted by molar-refractivity contribution is 6.07. The molecule has 0 radical (unpaired) electrons. The van der Waals surface area contributed by atoms with Gasteiger partial charge in [-0.05, 0) is 61.6 Å². The van der Waals surface area contributed by atoms with Crippen molar-refractivity contribution in [1.82, 2.24) is 0 Å². The van der Waals surface area contributed by atoms with Crippen LogP contribution in [-0.4, -0.2) is 31.6 Å². The quantitative estimate of drug-likeness (QED) is 0.454. The third-order valence-corrected chi connectivity index (χ3v) is 5.21. The maximum absolute atomic E-state index is 12.6. The van der Waals surface area contributed by atoms with E-state index in [1.807, 2.05) is 36.4 Å². The Hall–Kier alpha value is -2.63. The zero-order chi connectivity index (χ0) is 20.6. The Labute approximate surface area is 177 Å². The highest BCUT2D eigenvalue weighted by Crippen LogP contribution is 2.22. The lowest BCUT2D eigenvalue weighted by Gasteiger charge is -2.23. The molecule has 0 aromatic heterocycles. The topological polar surface area (TPSA) is 54.0 Å². The first kappa shape index (κ1) is 20.6. The van der Waals surface area contributed by atoms with Crippen molar-refractivity contribution in [2.24, 2.45) is 0 Å². The molecule has 158 valence electrons. The third-order valence-electron chi connectivity index (χ3n) is 5.21. The van der Waals surface area contributed by atoms with Gasteiger partial charge in [-0.3, -0.25) is 4.79 Å². The summed E-state index contributed by atoms with van der Waals surface area (Å²) in [6.07, 6.45) is 9.13. The molecule has 5 heteroatoms. The molecule has 2 aromatic rings. The summed E-state index contributed by atoms with van der Waals surface area (Å²) >= 11 is 0. The normalized spacial score (nSPS) is 22.0. The van der Waals surface area contributed by atoms with E-state index in [1.165, 1.54) is 0 Å². The van der Waals surface area contributed by atoms with Crippen LogP contribution in [-0.2, 0) is 9.47 Å². The van der Waals surface area contributed by atoms with Gasteiger partial charge in [-0.2, -0.15) is 0 Å². The average molecular weight is 408 g/mol. The van der Waals surface area contributed by atoms with Crippen molar-refractivity contribution in [3.8, 4) is 11.5 Å². The largest absolute Gasteiger partial charge is 0.465 e. The molecular formula is C25H28O5. The highest BCUT2D eigenvalue weighted by atomic mass is 16.7. The van der Waals surface area contributed by atoms with Crippen molar-refractivity contribution >= 4 is 11.9 Å². The van der Waals surface area contributed by atoms with Gasteiger partial charge in [-0.1, -0.05) is 30.3 Å². The van der Waals surface area contributed by atoms with Crippen LogP contribution in [0.1, 0.15) is 54.4 Å². The van der Waals surface area contributed by atoms with Crippen LogP contribution < -0.4 is 9.47 Å². The lowest BCUT2D eigenvalue weighted by Crippen LogP contribution is -2.25. The molecule has 0 amide bonds. The molecule has 2 fully saturated rings. The number of carbonyl (C=O) groups is 1. The SMILES string of the molecule is O=C(/C=C/c1cccc(OC2CCCCO2)c1)c1cccc(OC2CCCCO2)c1. The third kappa shape index (κ3) is 5.94. The Morgan fingerprint density at radius 2 is 1.47 bits per heavy atom. The first-order valence-corrected chi connectivity index (χ1v) is 10.8. The molecule has 5 nitrogen and oxygen atoms in total. The van der Waals surface area contributed by atoms with Crippen LogP contribution in [0.5, 0.6) is 11.5 Å². The van der Waals surface area contributed by atoms with E-state index in [1.54, 1.807) is 24.3 Å². The van der Waals surface area contributed by atoms with Gasteiger partial charge in [-0.15, -0.1) is 0 Å². The summed E-state index contributed by atoms with van der Waals surface area (Å²) in [4.78, 5) is 12.6. The van der Waals surface area contributed by atoms with Crippen LogP contribution in [0.4, 0.5) is 0 Å². The Morgan fingerprint density at radius 1 is 0.833 bits per heavy atom.